The predicted molar refractivity (Wildman–Crippen MR) is 116 cm³/mol. The van der Waals surface area contributed by atoms with E-state index in [1.165, 1.54) is 6.92 Å². The molecule has 4 atom stereocenters. The summed E-state index contributed by atoms with van der Waals surface area (Å²) in [5.74, 6) is -4.47. The highest BCUT2D eigenvalue weighted by Crippen LogP contribution is 2.08. The van der Waals surface area contributed by atoms with Gasteiger partial charge in [0, 0.05) is 6.42 Å². The number of unbranched alkanes of at least 4 members (excludes halogenated alkanes) is 1. The first-order valence-corrected chi connectivity index (χ1v) is 10.7. The zero-order chi connectivity index (χ0) is 24.8. The Balaban J connectivity index is 5.33. The third-order valence-corrected chi connectivity index (χ3v) is 4.66. The molecule has 0 rings (SSSR count). The zero-order valence-electron chi connectivity index (χ0n) is 18.9. The number of nitrogens with two attached hydrogens (primary N) is 2. The Kier molecular flexibility index (Phi) is 13.8. The molecule has 3 amide bonds. The van der Waals surface area contributed by atoms with E-state index in [9.17, 15) is 24.0 Å². The lowest BCUT2D eigenvalue weighted by Gasteiger charge is -2.25. The Morgan fingerprint density at radius 3 is 1.88 bits per heavy atom. The van der Waals surface area contributed by atoms with Gasteiger partial charge < -0.3 is 37.6 Å². The molecule has 0 saturated carbocycles. The van der Waals surface area contributed by atoms with Crippen LogP contribution in [-0.2, 0) is 24.0 Å². The van der Waals surface area contributed by atoms with Crippen molar-refractivity contribution in [3.8, 4) is 0 Å². The van der Waals surface area contributed by atoms with Crippen LogP contribution < -0.4 is 27.4 Å². The molecule has 0 aliphatic carbocycles. The van der Waals surface area contributed by atoms with Crippen LogP contribution >= 0.6 is 0 Å². The van der Waals surface area contributed by atoms with Gasteiger partial charge in [0.1, 0.15) is 18.1 Å². The molecule has 4 unspecified atom stereocenters. The first-order valence-electron chi connectivity index (χ1n) is 10.7. The summed E-state index contributed by atoms with van der Waals surface area (Å²) in [6, 6.07) is -4.35. The highest BCUT2D eigenvalue weighted by Gasteiger charge is 2.30. The largest absolute Gasteiger partial charge is 0.481 e. The SMILES string of the molecule is CC(C)CC(NC(=O)C(CCC(=O)O)NC(=O)C(N)CCCCN)C(=O)NC(C)C(=O)O. The maximum absolute atomic E-state index is 12.8. The Labute approximate surface area is 187 Å². The van der Waals surface area contributed by atoms with Gasteiger partial charge >= 0.3 is 11.9 Å². The molecule has 0 aliphatic heterocycles. The molecular weight excluding hydrogens is 422 g/mol. The Morgan fingerprint density at radius 1 is 0.812 bits per heavy atom. The summed E-state index contributed by atoms with van der Waals surface area (Å²) in [7, 11) is 0. The fourth-order valence-corrected chi connectivity index (χ4v) is 2.81. The van der Waals surface area contributed by atoms with Crippen molar-refractivity contribution in [3.63, 3.8) is 0 Å². The Morgan fingerprint density at radius 2 is 1.38 bits per heavy atom. The molecule has 0 aromatic heterocycles. The third kappa shape index (κ3) is 12.2. The molecule has 0 saturated heterocycles. The van der Waals surface area contributed by atoms with E-state index < -0.39 is 60.2 Å². The van der Waals surface area contributed by atoms with E-state index in [2.05, 4.69) is 16.0 Å². The first-order chi connectivity index (χ1) is 14.9. The molecule has 184 valence electrons. The van der Waals surface area contributed by atoms with Crippen molar-refractivity contribution in [2.75, 3.05) is 6.54 Å². The van der Waals surface area contributed by atoms with Gasteiger partial charge in [-0.2, -0.15) is 0 Å². The number of aliphatic carboxylic acids is 2. The number of rotatable bonds is 16. The Hall–Kier alpha value is -2.73. The van der Waals surface area contributed by atoms with Crippen LogP contribution in [0.4, 0.5) is 0 Å². The van der Waals surface area contributed by atoms with Crippen LogP contribution in [-0.4, -0.2) is 70.6 Å². The van der Waals surface area contributed by atoms with Gasteiger partial charge in [-0.1, -0.05) is 20.3 Å². The average molecular weight is 460 g/mol. The molecule has 0 bridgehead atoms. The van der Waals surface area contributed by atoms with Gasteiger partial charge in [0.25, 0.3) is 0 Å². The average Bonchev–Trinajstić information content (AvgIpc) is 2.69. The molecule has 0 aromatic carbocycles. The van der Waals surface area contributed by atoms with Crippen molar-refractivity contribution in [3.05, 3.63) is 0 Å². The molecule has 0 aromatic rings. The number of amides is 3. The zero-order valence-corrected chi connectivity index (χ0v) is 18.9. The fraction of sp³-hybridized carbons (Fsp3) is 0.750. The van der Waals surface area contributed by atoms with Gasteiger partial charge in [-0.3, -0.25) is 24.0 Å². The minimum atomic E-state index is -1.23. The number of carbonyl (C=O) groups excluding carboxylic acids is 3. The minimum Gasteiger partial charge on any atom is -0.481 e. The number of hydrogen-bond acceptors (Lipinski definition) is 7. The molecule has 12 nitrogen and oxygen atoms in total. The molecule has 0 spiro atoms. The van der Waals surface area contributed by atoms with Crippen molar-refractivity contribution in [1.82, 2.24) is 16.0 Å². The standard InChI is InChI=1S/C20H37N5O7/c1-11(2)10-15(19(30)23-12(3)20(31)32)25-18(29)14(7-8-16(26)27)24-17(28)13(22)6-4-5-9-21/h11-15H,4-10,21-22H2,1-3H3,(H,23,30)(H,24,28)(H,25,29)(H,26,27)(H,31,32). The van der Waals surface area contributed by atoms with Gasteiger partial charge in [-0.15, -0.1) is 0 Å². The molecule has 32 heavy (non-hydrogen) atoms. The fourth-order valence-electron chi connectivity index (χ4n) is 2.81. The normalized spacial score (nSPS) is 14.7. The molecule has 0 radical (unpaired) electrons. The van der Waals surface area contributed by atoms with E-state index in [1.54, 1.807) is 0 Å². The van der Waals surface area contributed by atoms with Gasteiger partial charge in [-0.05, 0) is 45.1 Å². The van der Waals surface area contributed by atoms with Crippen LogP contribution in [0.15, 0.2) is 0 Å². The molecule has 9 N–H and O–H groups in total. The lowest BCUT2D eigenvalue weighted by atomic mass is 10.0. The summed E-state index contributed by atoms with van der Waals surface area (Å²) >= 11 is 0. The van der Waals surface area contributed by atoms with E-state index in [-0.39, 0.29) is 18.8 Å². The monoisotopic (exact) mass is 459 g/mol. The molecule has 0 heterocycles. The summed E-state index contributed by atoms with van der Waals surface area (Å²) < 4.78 is 0. The van der Waals surface area contributed by atoms with E-state index in [0.717, 1.165) is 0 Å². The quantitative estimate of drug-likeness (QED) is 0.139. The summed E-state index contributed by atoms with van der Waals surface area (Å²) in [5.41, 5.74) is 11.3. The maximum atomic E-state index is 12.8. The van der Waals surface area contributed by atoms with E-state index in [1.807, 2.05) is 13.8 Å². The second-order valence-corrected chi connectivity index (χ2v) is 8.14. The molecule has 12 heteroatoms. The maximum Gasteiger partial charge on any atom is 0.325 e. The molecular formula is C20H37N5O7. The van der Waals surface area contributed by atoms with E-state index >= 15 is 0 Å². The summed E-state index contributed by atoms with van der Waals surface area (Å²) in [6.07, 6.45) is 1.27. The number of nitrogens with one attached hydrogen (secondary N) is 3. The van der Waals surface area contributed by atoms with Crippen molar-refractivity contribution >= 4 is 29.7 Å². The smallest absolute Gasteiger partial charge is 0.325 e. The highest BCUT2D eigenvalue weighted by molar-refractivity contribution is 5.94. The summed E-state index contributed by atoms with van der Waals surface area (Å²) in [4.78, 5) is 59.7. The van der Waals surface area contributed by atoms with Crippen molar-refractivity contribution in [1.29, 1.82) is 0 Å². The van der Waals surface area contributed by atoms with Gasteiger partial charge in [0.05, 0.1) is 6.04 Å². The lowest BCUT2D eigenvalue weighted by molar-refractivity contribution is -0.142. The van der Waals surface area contributed by atoms with Crippen LogP contribution in [0.1, 0.15) is 59.3 Å². The van der Waals surface area contributed by atoms with Crippen LogP contribution in [0.5, 0.6) is 0 Å². The minimum absolute atomic E-state index is 0.0192. The number of carbonyl (C=O) groups is 5. The van der Waals surface area contributed by atoms with Crippen LogP contribution in [0, 0.1) is 5.92 Å². The van der Waals surface area contributed by atoms with Crippen molar-refractivity contribution < 1.29 is 34.2 Å². The summed E-state index contributed by atoms with van der Waals surface area (Å²) in [5, 5.41) is 25.2. The van der Waals surface area contributed by atoms with Gasteiger partial charge in [0.2, 0.25) is 17.7 Å². The highest BCUT2D eigenvalue weighted by atomic mass is 16.4. The van der Waals surface area contributed by atoms with E-state index in [4.69, 9.17) is 21.7 Å². The van der Waals surface area contributed by atoms with E-state index in [0.29, 0.717) is 25.8 Å². The lowest BCUT2D eigenvalue weighted by Crippen LogP contribution is -2.57. The van der Waals surface area contributed by atoms with Crippen LogP contribution in [0.25, 0.3) is 0 Å². The second-order valence-electron chi connectivity index (χ2n) is 8.14. The Bertz CT molecular complexity index is 656. The second kappa shape index (κ2) is 15.1. The number of hydrogen-bond donors (Lipinski definition) is 7. The van der Waals surface area contributed by atoms with Crippen molar-refractivity contribution in [2.24, 2.45) is 17.4 Å². The topological polar surface area (TPSA) is 214 Å². The van der Waals surface area contributed by atoms with Gasteiger partial charge in [-0.25, -0.2) is 0 Å². The van der Waals surface area contributed by atoms with Crippen molar-refractivity contribution in [2.45, 2.75) is 83.5 Å². The van der Waals surface area contributed by atoms with Gasteiger partial charge in [0.15, 0.2) is 0 Å². The first kappa shape index (κ1) is 29.3. The predicted octanol–water partition coefficient (Wildman–Crippen LogP) is -1.09. The van der Waals surface area contributed by atoms with Crippen LogP contribution in [0.3, 0.4) is 0 Å². The number of carboxylic acids is 2. The number of carboxylic acid groups (broad SMARTS) is 2. The van der Waals surface area contributed by atoms with Crippen LogP contribution in [0.2, 0.25) is 0 Å². The third-order valence-electron chi connectivity index (χ3n) is 4.66. The summed E-state index contributed by atoms with van der Waals surface area (Å²) in [6.45, 7) is 5.38. The molecule has 0 aliphatic rings. The molecule has 0 fully saturated rings.